The number of nitrogens with zero attached hydrogens (tertiary/aromatic N) is 1. The lowest BCUT2D eigenvalue weighted by Crippen LogP contribution is -2.08. The fourth-order valence-electron chi connectivity index (χ4n) is 1.83. The van der Waals surface area contributed by atoms with Crippen molar-refractivity contribution in [3.63, 3.8) is 0 Å². The smallest absolute Gasteiger partial charge is 0.272 e. The largest absolute Gasteiger partial charge is 0.376 e. The fourth-order valence-corrected chi connectivity index (χ4v) is 2.14. The average molecular weight is 329 g/mol. The van der Waals surface area contributed by atoms with E-state index in [4.69, 9.17) is 23.2 Å². The van der Waals surface area contributed by atoms with Crippen molar-refractivity contribution < 1.29 is 9.31 Å². The van der Waals surface area contributed by atoms with Gasteiger partial charge in [-0.15, -0.1) is 0 Å². The number of non-ortho nitro benzene ring substituents is 1. The average Bonchev–Trinajstić information content (AvgIpc) is 2.43. The highest BCUT2D eigenvalue weighted by Gasteiger charge is 2.13. The number of benzene rings is 2. The lowest BCUT2D eigenvalue weighted by atomic mass is 10.1. The first-order valence-electron chi connectivity index (χ1n) is 6.04. The number of hydrogen-bond donors (Lipinski definition) is 1. The molecule has 1 N–H and O–H groups in total. The van der Waals surface area contributed by atoms with Crippen LogP contribution < -0.4 is 5.32 Å². The van der Waals surface area contributed by atoms with Crippen LogP contribution in [0.5, 0.6) is 0 Å². The monoisotopic (exact) mass is 328 g/mol. The van der Waals surface area contributed by atoms with Crippen LogP contribution in [0.15, 0.2) is 36.4 Å². The van der Waals surface area contributed by atoms with E-state index in [1.165, 1.54) is 12.1 Å². The van der Waals surface area contributed by atoms with Crippen LogP contribution >= 0.6 is 23.2 Å². The van der Waals surface area contributed by atoms with Crippen LogP contribution in [0.2, 0.25) is 10.0 Å². The first-order chi connectivity index (χ1) is 9.88. The minimum atomic E-state index is -0.684. The van der Waals surface area contributed by atoms with E-state index in [0.717, 1.165) is 11.6 Å². The molecule has 0 saturated carbocycles. The maximum atomic E-state index is 13.8. The van der Waals surface area contributed by atoms with Crippen molar-refractivity contribution in [2.24, 2.45) is 0 Å². The van der Waals surface area contributed by atoms with Gasteiger partial charge in [0.05, 0.1) is 26.7 Å². The molecular formula is C14H11Cl2FN2O2. The summed E-state index contributed by atoms with van der Waals surface area (Å²) in [5, 5.41) is 14.4. The molecule has 2 aromatic rings. The number of anilines is 1. The van der Waals surface area contributed by atoms with Gasteiger partial charge in [0, 0.05) is 12.1 Å². The number of nitro groups is 1. The third-order valence-corrected chi connectivity index (χ3v) is 3.72. The van der Waals surface area contributed by atoms with Gasteiger partial charge in [-0.3, -0.25) is 10.1 Å². The molecule has 110 valence electrons. The molecule has 7 heteroatoms. The Hall–Kier alpha value is -1.85. The van der Waals surface area contributed by atoms with Crippen LogP contribution in [0.25, 0.3) is 0 Å². The molecule has 1 unspecified atom stereocenters. The molecule has 2 rings (SSSR count). The highest BCUT2D eigenvalue weighted by atomic mass is 35.5. The molecule has 0 saturated heterocycles. The second-order valence-electron chi connectivity index (χ2n) is 4.46. The summed E-state index contributed by atoms with van der Waals surface area (Å²) in [6.07, 6.45) is 0. The lowest BCUT2D eigenvalue weighted by molar-refractivity contribution is -0.385. The summed E-state index contributed by atoms with van der Waals surface area (Å²) in [5.41, 5.74) is 0.710. The van der Waals surface area contributed by atoms with Crippen LogP contribution in [0.3, 0.4) is 0 Å². The molecule has 4 nitrogen and oxygen atoms in total. The highest BCUT2D eigenvalue weighted by molar-refractivity contribution is 6.42. The van der Waals surface area contributed by atoms with E-state index in [2.05, 4.69) is 5.32 Å². The van der Waals surface area contributed by atoms with Crippen LogP contribution in [-0.2, 0) is 0 Å². The van der Waals surface area contributed by atoms with E-state index in [1.54, 1.807) is 18.2 Å². The van der Waals surface area contributed by atoms with Crippen molar-refractivity contribution in [1.29, 1.82) is 0 Å². The van der Waals surface area contributed by atoms with Gasteiger partial charge < -0.3 is 5.32 Å². The van der Waals surface area contributed by atoms with E-state index in [-0.39, 0.29) is 17.4 Å². The van der Waals surface area contributed by atoms with Gasteiger partial charge in [-0.1, -0.05) is 29.3 Å². The molecule has 0 radical (unpaired) electrons. The van der Waals surface area contributed by atoms with Crippen molar-refractivity contribution in [2.45, 2.75) is 13.0 Å². The van der Waals surface area contributed by atoms with Gasteiger partial charge >= 0.3 is 0 Å². The number of hydrogen-bond acceptors (Lipinski definition) is 3. The SMILES string of the molecule is CC(Nc1ccc([N+](=O)[O-])cc1F)c1ccc(Cl)c(Cl)c1. The zero-order valence-electron chi connectivity index (χ0n) is 10.9. The van der Waals surface area contributed by atoms with Gasteiger partial charge in [0.15, 0.2) is 5.82 Å². The van der Waals surface area contributed by atoms with Crippen molar-refractivity contribution in [2.75, 3.05) is 5.32 Å². The first-order valence-corrected chi connectivity index (χ1v) is 6.79. The number of rotatable bonds is 4. The molecular weight excluding hydrogens is 318 g/mol. The van der Waals surface area contributed by atoms with Gasteiger partial charge in [-0.25, -0.2) is 4.39 Å². The normalized spacial score (nSPS) is 12.0. The van der Waals surface area contributed by atoms with Gasteiger partial charge in [0.2, 0.25) is 0 Å². The Labute approximate surface area is 130 Å². The number of nitro benzene ring substituents is 1. The maximum absolute atomic E-state index is 13.8. The summed E-state index contributed by atoms with van der Waals surface area (Å²) in [6.45, 7) is 1.82. The van der Waals surface area contributed by atoms with E-state index in [0.29, 0.717) is 10.0 Å². The fraction of sp³-hybridized carbons (Fsp3) is 0.143. The maximum Gasteiger partial charge on any atom is 0.272 e. The van der Waals surface area contributed by atoms with Crippen molar-refractivity contribution in [3.8, 4) is 0 Å². The summed E-state index contributed by atoms with van der Waals surface area (Å²) in [4.78, 5) is 9.93. The molecule has 0 bridgehead atoms. The Morgan fingerprint density at radius 1 is 1.19 bits per heavy atom. The minimum Gasteiger partial charge on any atom is -0.376 e. The van der Waals surface area contributed by atoms with Gasteiger partial charge in [-0.05, 0) is 30.7 Å². The minimum absolute atomic E-state index is 0.180. The Morgan fingerprint density at radius 2 is 1.90 bits per heavy atom. The van der Waals surface area contributed by atoms with Crippen LogP contribution in [0, 0.1) is 15.9 Å². The molecule has 0 fully saturated rings. The zero-order chi connectivity index (χ0) is 15.6. The lowest BCUT2D eigenvalue weighted by Gasteiger charge is -2.16. The van der Waals surface area contributed by atoms with Crippen LogP contribution in [0.1, 0.15) is 18.5 Å². The molecule has 0 aromatic heterocycles. The first kappa shape index (κ1) is 15.5. The van der Waals surface area contributed by atoms with Crippen molar-refractivity contribution in [1.82, 2.24) is 0 Å². The second-order valence-corrected chi connectivity index (χ2v) is 5.28. The standard InChI is InChI=1S/C14H11Cl2FN2O2/c1-8(9-2-4-11(15)12(16)6-9)18-14-5-3-10(19(20)21)7-13(14)17/h2-8,18H,1H3. The third kappa shape index (κ3) is 3.62. The molecule has 0 heterocycles. The van der Waals surface area contributed by atoms with Gasteiger partial charge in [0.25, 0.3) is 5.69 Å². The summed E-state index contributed by atoms with van der Waals surface area (Å²) >= 11 is 11.8. The van der Waals surface area contributed by atoms with Gasteiger partial charge in [0.1, 0.15) is 0 Å². The summed E-state index contributed by atoms with van der Waals surface area (Å²) in [6, 6.07) is 8.33. The zero-order valence-corrected chi connectivity index (χ0v) is 12.5. The highest BCUT2D eigenvalue weighted by Crippen LogP contribution is 2.28. The van der Waals surface area contributed by atoms with Crippen molar-refractivity contribution in [3.05, 3.63) is 67.9 Å². The number of nitrogens with one attached hydrogen (secondary N) is 1. The predicted octanol–water partition coefficient (Wildman–Crippen LogP) is 5.21. The summed E-state index contributed by atoms with van der Waals surface area (Å²) in [7, 11) is 0. The Morgan fingerprint density at radius 3 is 2.48 bits per heavy atom. The predicted molar refractivity (Wildman–Crippen MR) is 81.6 cm³/mol. The summed E-state index contributed by atoms with van der Waals surface area (Å²) < 4.78 is 13.8. The van der Waals surface area contributed by atoms with Gasteiger partial charge in [-0.2, -0.15) is 0 Å². The summed E-state index contributed by atoms with van der Waals surface area (Å²) in [5.74, 6) is -0.684. The molecule has 0 aliphatic rings. The molecule has 0 aliphatic carbocycles. The quantitative estimate of drug-likeness (QED) is 0.618. The Kier molecular flexibility index (Phi) is 4.65. The molecule has 0 spiro atoms. The van der Waals surface area contributed by atoms with E-state index >= 15 is 0 Å². The molecule has 21 heavy (non-hydrogen) atoms. The Bertz CT molecular complexity index is 695. The van der Waals surface area contributed by atoms with Crippen LogP contribution in [0.4, 0.5) is 15.8 Å². The third-order valence-electron chi connectivity index (χ3n) is 2.98. The molecule has 2 aromatic carbocycles. The topological polar surface area (TPSA) is 55.2 Å². The second kappa shape index (κ2) is 6.28. The van der Waals surface area contributed by atoms with Crippen molar-refractivity contribution >= 4 is 34.6 Å². The Balaban J connectivity index is 2.21. The van der Waals surface area contributed by atoms with E-state index < -0.39 is 10.7 Å². The molecule has 1 atom stereocenters. The van der Waals surface area contributed by atoms with E-state index in [1.807, 2.05) is 6.92 Å². The van der Waals surface area contributed by atoms with Crippen LogP contribution in [-0.4, -0.2) is 4.92 Å². The molecule has 0 amide bonds. The number of halogens is 3. The molecule has 0 aliphatic heterocycles. The van der Waals surface area contributed by atoms with E-state index in [9.17, 15) is 14.5 Å².